The van der Waals surface area contributed by atoms with Crippen molar-refractivity contribution in [3.05, 3.63) is 53.9 Å². The largest absolute Gasteiger partial charge is 0.465 e. The highest BCUT2D eigenvalue weighted by Gasteiger charge is 2.22. The van der Waals surface area contributed by atoms with Gasteiger partial charge in [0, 0.05) is 53.6 Å². The van der Waals surface area contributed by atoms with E-state index in [0.29, 0.717) is 11.1 Å². The standard InChI is InChI=1S/C22H24N4O2/c1-14-17-13-26(12-10-24-9-8-23)11-7-15(17)20(22(27)28-2)21-19(14)16-5-3-4-6-18(16)25-21/h3-7,11,13,24H,8-10,12,23H2,1-2H3/p+1. The van der Waals surface area contributed by atoms with Crippen LogP contribution in [0.1, 0.15) is 15.9 Å². The first kappa shape index (κ1) is 18.4. The second-order valence-corrected chi connectivity index (χ2v) is 6.96. The fraction of sp³-hybridized carbons (Fsp3) is 0.273. The SMILES string of the molecule is COC(=O)c1c2ccn(CCNCC[NH3+])cc2c(C)c2c1nc1ccccc12. The lowest BCUT2D eigenvalue weighted by atomic mass is 9.96. The van der Waals surface area contributed by atoms with Crippen molar-refractivity contribution in [1.29, 1.82) is 0 Å². The van der Waals surface area contributed by atoms with Gasteiger partial charge < -0.3 is 20.4 Å². The number of quaternary nitrogens is 1. The zero-order chi connectivity index (χ0) is 19.7. The van der Waals surface area contributed by atoms with Crippen molar-refractivity contribution in [2.75, 3.05) is 26.7 Å². The summed E-state index contributed by atoms with van der Waals surface area (Å²) in [5, 5.41) is 7.38. The Balaban J connectivity index is 1.96. The number of rotatable bonds is 6. The van der Waals surface area contributed by atoms with Crippen LogP contribution in [0.2, 0.25) is 0 Å². The third kappa shape index (κ3) is 3.00. The average molecular weight is 377 g/mol. The predicted molar refractivity (Wildman–Crippen MR) is 111 cm³/mol. The molecule has 0 bridgehead atoms. The molecule has 6 nitrogen and oxygen atoms in total. The molecular formula is C22H25N4O2+. The number of carbonyl (C=O) groups is 1. The van der Waals surface area contributed by atoms with Crippen LogP contribution in [0.4, 0.5) is 0 Å². The minimum absolute atomic E-state index is 0.354. The molecule has 2 aromatic heterocycles. The number of pyridine rings is 1. The van der Waals surface area contributed by atoms with Crippen molar-refractivity contribution in [2.45, 2.75) is 13.5 Å². The van der Waals surface area contributed by atoms with E-state index in [2.05, 4.69) is 34.8 Å². The predicted octanol–water partition coefficient (Wildman–Crippen LogP) is 2.27. The van der Waals surface area contributed by atoms with E-state index in [1.807, 2.05) is 30.5 Å². The first-order valence-electron chi connectivity index (χ1n) is 9.54. The minimum Gasteiger partial charge on any atom is -0.465 e. The maximum absolute atomic E-state index is 12.7. The summed E-state index contributed by atoms with van der Waals surface area (Å²) in [6.07, 6.45) is 4.12. The molecule has 0 fully saturated rings. The smallest absolute Gasteiger partial charge is 0.340 e. The average Bonchev–Trinajstić information content (AvgIpc) is 3.10. The van der Waals surface area contributed by atoms with E-state index in [0.717, 1.165) is 58.8 Å². The van der Waals surface area contributed by atoms with E-state index in [-0.39, 0.29) is 5.97 Å². The summed E-state index contributed by atoms with van der Waals surface area (Å²) in [6.45, 7) is 5.61. The van der Waals surface area contributed by atoms with E-state index in [1.54, 1.807) is 0 Å². The zero-order valence-corrected chi connectivity index (χ0v) is 16.3. The first-order valence-corrected chi connectivity index (χ1v) is 9.54. The molecule has 0 saturated carbocycles. The van der Waals surface area contributed by atoms with E-state index in [9.17, 15) is 4.79 Å². The van der Waals surface area contributed by atoms with E-state index in [4.69, 9.17) is 9.72 Å². The maximum atomic E-state index is 12.7. The molecular weight excluding hydrogens is 352 g/mol. The number of ether oxygens (including phenoxy) is 1. The van der Waals surface area contributed by atoms with Gasteiger partial charge in [0.2, 0.25) is 0 Å². The van der Waals surface area contributed by atoms with Gasteiger partial charge >= 0.3 is 5.97 Å². The number of fused-ring (bicyclic) bond motifs is 4. The molecule has 0 radical (unpaired) electrons. The lowest BCUT2D eigenvalue weighted by Gasteiger charge is -2.14. The number of benzene rings is 2. The molecule has 0 spiro atoms. The van der Waals surface area contributed by atoms with E-state index < -0.39 is 0 Å². The molecule has 0 aliphatic carbocycles. The van der Waals surface area contributed by atoms with Crippen molar-refractivity contribution in [1.82, 2.24) is 14.9 Å². The van der Waals surface area contributed by atoms with Gasteiger partial charge in [0.1, 0.15) is 0 Å². The van der Waals surface area contributed by atoms with Gasteiger partial charge in [-0.3, -0.25) is 0 Å². The van der Waals surface area contributed by atoms with Crippen LogP contribution in [0.5, 0.6) is 0 Å². The van der Waals surface area contributed by atoms with Gasteiger partial charge in [0.05, 0.1) is 30.3 Å². The highest BCUT2D eigenvalue weighted by atomic mass is 16.5. The van der Waals surface area contributed by atoms with Crippen LogP contribution in [-0.2, 0) is 11.3 Å². The number of hydrogen-bond acceptors (Lipinski definition) is 4. The van der Waals surface area contributed by atoms with Crippen molar-refractivity contribution < 1.29 is 15.3 Å². The Bertz CT molecular complexity index is 1180. The molecule has 4 rings (SSSR count). The molecule has 2 heterocycles. The van der Waals surface area contributed by atoms with Gasteiger partial charge in [-0.15, -0.1) is 0 Å². The third-order valence-electron chi connectivity index (χ3n) is 5.24. The highest BCUT2D eigenvalue weighted by molar-refractivity contribution is 6.23. The van der Waals surface area contributed by atoms with Gasteiger partial charge in [0.25, 0.3) is 0 Å². The molecule has 0 atom stereocenters. The van der Waals surface area contributed by atoms with Crippen LogP contribution in [0.25, 0.3) is 32.6 Å². The van der Waals surface area contributed by atoms with Gasteiger partial charge in [0.15, 0.2) is 0 Å². The minimum atomic E-state index is -0.354. The van der Waals surface area contributed by atoms with Crippen molar-refractivity contribution in [3.8, 4) is 0 Å². The lowest BCUT2D eigenvalue weighted by Crippen LogP contribution is -2.54. The zero-order valence-electron chi connectivity index (χ0n) is 16.3. The molecule has 0 aliphatic rings. The molecule has 0 unspecified atom stereocenters. The third-order valence-corrected chi connectivity index (χ3v) is 5.24. The number of aryl methyl sites for hydroxylation is 1. The molecule has 6 heteroatoms. The summed E-state index contributed by atoms with van der Waals surface area (Å²) in [5.74, 6) is -0.354. The number of esters is 1. The highest BCUT2D eigenvalue weighted by Crippen LogP contribution is 2.37. The summed E-state index contributed by atoms with van der Waals surface area (Å²) < 4.78 is 7.26. The Hall–Kier alpha value is -2.96. The van der Waals surface area contributed by atoms with Crippen LogP contribution in [0, 0.1) is 6.92 Å². The number of carbonyl (C=O) groups excluding carboxylic acids is 1. The van der Waals surface area contributed by atoms with E-state index in [1.165, 1.54) is 7.11 Å². The maximum Gasteiger partial charge on any atom is 0.340 e. The fourth-order valence-corrected chi connectivity index (χ4v) is 3.87. The number of aromatic nitrogens is 2. The van der Waals surface area contributed by atoms with Crippen LogP contribution in [0.3, 0.4) is 0 Å². The van der Waals surface area contributed by atoms with Crippen molar-refractivity contribution in [2.24, 2.45) is 0 Å². The Morgan fingerprint density at radius 2 is 2.00 bits per heavy atom. The number of nitrogens with zero attached hydrogens (tertiary/aromatic N) is 2. The Labute approximate surface area is 163 Å². The second-order valence-electron chi connectivity index (χ2n) is 6.96. The van der Waals surface area contributed by atoms with Crippen molar-refractivity contribution >= 4 is 38.5 Å². The molecule has 0 saturated heterocycles. The summed E-state index contributed by atoms with van der Waals surface area (Å²) in [6, 6.07) is 10.0. The molecule has 4 N–H and O–H groups in total. The molecule has 0 amide bonds. The molecule has 2 aromatic carbocycles. The molecule has 28 heavy (non-hydrogen) atoms. The van der Waals surface area contributed by atoms with Crippen molar-refractivity contribution in [3.63, 3.8) is 0 Å². The lowest BCUT2D eigenvalue weighted by molar-refractivity contribution is -0.365. The van der Waals surface area contributed by atoms with E-state index >= 15 is 0 Å². The number of para-hydroxylation sites is 1. The summed E-state index contributed by atoms with van der Waals surface area (Å²) in [4.78, 5) is 17.4. The first-order chi connectivity index (χ1) is 13.7. The normalized spacial score (nSPS) is 11.5. The fourth-order valence-electron chi connectivity index (χ4n) is 3.87. The van der Waals surface area contributed by atoms with Crippen LogP contribution >= 0.6 is 0 Å². The summed E-state index contributed by atoms with van der Waals surface area (Å²) in [7, 11) is 1.42. The molecule has 144 valence electrons. The quantitative estimate of drug-likeness (QED) is 0.399. The summed E-state index contributed by atoms with van der Waals surface area (Å²) in [5.41, 5.74) is 7.13. The van der Waals surface area contributed by atoms with Crippen LogP contribution in [0.15, 0.2) is 42.7 Å². The Kier molecular flexibility index (Phi) is 4.98. The summed E-state index contributed by atoms with van der Waals surface area (Å²) >= 11 is 0. The second kappa shape index (κ2) is 7.58. The number of hydrogen-bond donors (Lipinski definition) is 2. The van der Waals surface area contributed by atoms with Crippen LogP contribution in [-0.4, -0.2) is 42.3 Å². The van der Waals surface area contributed by atoms with Gasteiger partial charge in [-0.2, -0.15) is 0 Å². The number of methoxy groups -OCH3 is 1. The molecule has 0 aliphatic heterocycles. The topological polar surface area (TPSA) is 83.8 Å². The van der Waals surface area contributed by atoms with Crippen LogP contribution < -0.4 is 11.1 Å². The Morgan fingerprint density at radius 3 is 2.79 bits per heavy atom. The Morgan fingerprint density at radius 1 is 1.18 bits per heavy atom. The monoisotopic (exact) mass is 377 g/mol. The number of nitrogens with one attached hydrogen (secondary N) is 1. The van der Waals surface area contributed by atoms with Gasteiger partial charge in [-0.25, -0.2) is 9.78 Å². The van der Waals surface area contributed by atoms with Gasteiger partial charge in [-0.1, -0.05) is 18.2 Å². The van der Waals surface area contributed by atoms with Gasteiger partial charge in [-0.05, 0) is 24.6 Å². The molecule has 4 aromatic rings.